The molecule has 2 aromatic heterocycles. The zero-order valence-electron chi connectivity index (χ0n) is 13.7. The summed E-state index contributed by atoms with van der Waals surface area (Å²) in [6.45, 7) is 3.16. The summed E-state index contributed by atoms with van der Waals surface area (Å²) in [7, 11) is 0. The Bertz CT molecular complexity index is 925. The highest BCUT2D eigenvalue weighted by Crippen LogP contribution is 2.26. The van der Waals surface area contributed by atoms with Crippen LogP contribution in [-0.2, 0) is 4.74 Å². The van der Waals surface area contributed by atoms with Crippen LogP contribution in [0.25, 0.3) is 10.9 Å². The van der Waals surface area contributed by atoms with E-state index in [0.717, 1.165) is 16.5 Å². The molecule has 1 fully saturated rings. The second kappa shape index (κ2) is 6.25. The zero-order chi connectivity index (χ0) is 17.4. The monoisotopic (exact) mass is 340 g/mol. The zero-order valence-corrected chi connectivity index (χ0v) is 13.7. The highest BCUT2D eigenvalue weighted by Gasteiger charge is 2.29. The molecule has 1 aliphatic rings. The van der Waals surface area contributed by atoms with Gasteiger partial charge in [0.25, 0.3) is 5.91 Å². The van der Waals surface area contributed by atoms with E-state index in [0.29, 0.717) is 31.1 Å². The summed E-state index contributed by atoms with van der Waals surface area (Å²) in [4.78, 5) is 26.1. The number of nitrogens with one attached hydrogen (secondary N) is 1. The second-order valence-electron chi connectivity index (χ2n) is 6.06. The van der Waals surface area contributed by atoms with Gasteiger partial charge in [0.2, 0.25) is 0 Å². The first-order valence-electron chi connectivity index (χ1n) is 8.08. The van der Waals surface area contributed by atoms with Crippen molar-refractivity contribution >= 4 is 16.8 Å². The number of rotatable bonds is 2. The number of aryl methyl sites for hydroxylation is 1. The Morgan fingerprint density at radius 2 is 2.28 bits per heavy atom. The number of carbonyl (C=O) groups is 1. The molecule has 0 spiro atoms. The maximum atomic E-state index is 13.5. The molecule has 1 amide bonds. The lowest BCUT2D eigenvalue weighted by Crippen LogP contribution is -2.42. The number of benzene rings is 1. The van der Waals surface area contributed by atoms with Crippen LogP contribution in [0.1, 0.15) is 27.8 Å². The summed E-state index contributed by atoms with van der Waals surface area (Å²) in [5.41, 5.74) is 2.69. The van der Waals surface area contributed by atoms with Crippen LogP contribution in [0.4, 0.5) is 4.39 Å². The molecule has 0 radical (unpaired) electrons. The predicted molar refractivity (Wildman–Crippen MR) is 89.6 cm³/mol. The number of amides is 1. The minimum Gasteiger partial charge on any atom is -0.368 e. The smallest absolute Gasteiger partial charge is 0.270 e. The van der Waals surface area contributed by atoms with Gasteiger partial charge >= 0.3 is 0 Å². The minimum absolute atomic E-state index is 0.119. The molecule has 3 aromatic rings. The molecule has 0 bridgehead atoms. The lowest BCUT2D eigenvalue weighted by Gasteiger charge is -2.32. The predicted octanol–water partition coefficient (Wildman–Crippen LogP) is 2.62. The van der Waals surface area contributed by atoms with Gasteiger partial charge in [-0.3, -0.25) is 14.8 Å². The molecule has 1 atom stereocenters. The SMILES string of the molecule is Cc1c(C(=O)N2CCOC(c3cnccn3)C2)[nH]c2ccc(F)cc12. The Balaban J connectivity index is 1.61. The lowest BCUT2D eigenvalue weighted by molar-refractivity contribution is -0.0250. The van der Waals surface area contributed by atoms with Crippen molar-refractivity contribution in [3.8, 4) is 0 Å². The van der Waals surface area contributed by atoms with E-state index in [1.807, 2.05) is 6.92 Å². The van der Waals surface area contributed by atoms with Gasteiger partial charge in [-0.05, 0) is 30.7 Å². The molecule has 128 valence electrons. The number of hydrogen-bond acceptors (Lipinski definition) is 4. The Morgan fingerprint density at radius 1 is 1.40 bits per heavy atom. The number of carbonyl (C=O) groups excluding carboxylic acids is 1. The van der Waals surface area contributed by atoms with E-state index in [9.17, 15) is 9.18 Å². The molecule has 7 heteroatoms. The largest absolute Gasteiger partial charge is 0.368 e. The fraction of sp³-hybridized carbons (Fsp3) is 0.278. The van der Waals surface area contributed by atoms with Crippen LogP contribution in [0, 0.1) is 12.7 Å². The standard InChI is InChI=1S/C18H17FN4O2/c1-11-13-8-12(19)2-3-14(13)22-17(11)18(24)23-6-7-25-16(10-23)15-9-20-4-5-21-15/h2-5,8-9,16,22H,6-7,10H2,1H3. The third-order valence-electron chi connectivity index (χ3n) is 4.50. The van der Waals surface area contributed by atoms with Gasteiger partial charge in [-0.2, -0.15) is 0 Å². The van der Waals surface area contributed by atoms with E-state index in [2.05, 4.69) is 15.0 Å². The van der Waals surface area contributed by atoms with E-state index in [-0.39, 0.29) is 17.8 Å². The number of halogens is 1. The average molecular weight is 340 g/mol. The molecule has 1 aliphatic heterocycles. The van der Waals surface area contributed by atoms with E-state index < -0.39 is 0 Å². The summed E-state index contributed by atoms with van der Waals surface area (Å²) in [6.07, 6.45) is 4.56. The van der Waals surface area contributed by atoms with Gasteiger partial charge in [0.15, 0.2) is 0 Å². The van der Waals surface area contributed by atoms with Gasteiger partial charge in [0.1, 0.15) is 17.6 Å². The van der Waals surface area contributed by atoms with E-state index in [1.165, 1.54) is 12.1 Å². The highest BCUT2D eigenvalue weighted by molar-refractivity contribution is 6.00. The maximum absolute atomic E-state index is 13.5. The average Bonchev–Trinajstić information content (AvgIpc) is 2.98. The fourth-order valence-electron chi connectivity index (χ4n) is 3.16. The number of aromatic amines is 1. The maximum Gasteiger partial charge on any atom is 0.270 e. The van der Waals surface area contributed by atoms with Crippen molar-refractivity contribution in [1.82, 2.24) is 19.9 Å². The Labute approximate surface area is 143 Å². The Morgan fingerprint density at radius 3 is 3.08 bits per heavy atom. The number of morpholine rings is 1. The van der Waals surface area contributed by atoms with Gasteiger partial charge in [-0.25, -0.2) is 4.39 Å². The van der Waals surface area contributed by atoms with Crippen molar-refractivity contribution in [3.63, 3.8) is 0 Å². The van der Waals surface area contributed by atoms with Crippen LogP contribution in [0.2, 0.25) is 0 Å². The van der Waals surface area contributed by atoms with Crippen LogP contribution in [-0.4, -0.2) is 45.5 Å². The first-order chi connectivity index (χ1) is 12.1. The quantitative estimate of drug-likeness (QED) is 0.778. The third-order valence-corrected chi connectivity index (χ3v) is 4.50. The summed E-state index contributed by atoms with van der Waals surface area (Å²) in [5, 5.41) is 0.724. The van der Waals surface area contributed by atoms with Gasteiger partial charge in [0, 0.05) is 29.8 Å². The number of aromatic nitrogens is 3. The van der Waals surface area contributed by atoms with Crippen LogP contribution in [0.3, 0.4) is 0 Å². The van der Waals surface area contributed by atoms with E-state index in [1.54, 1.807) is 29.6 Å². The number of ether oxygens (including phenoxy) is 1. The minimum atomic E-state index is -0.317. The molecular formula is C18H17FN4O2. The van der Waals surface area contributed by atoms with Gasteiger partial charge in [0.05, 0.1) is 25.0 Å². The van der Waals surface area contributed by atoms with Crippen LogP contribution < -0.4 is 0 Å². The van der Waals surface area contributed by atoms with Gasteiger partial charge in [-0.1, -0.05) is 0 Å². The van der Waals surface area contributed by atoms with Crippen molar-refractivity contribution in [2.24, 2.45) is 0 Å². The van der Waals surface area contributed by atoms with Crippen LogP contribution in [0.15, 0.2) is 36.8 Å². The van der Waals surface area contributed by atoms with Crippen molar-refractivity contribution in [1.29, 1.82) is 0 Å². The number of hydrogen-bond donors (Lipinski definition) is 1. The molecular weight excluding hydrogens is 323 g/mol. The molecule has 25 heavy (non-hydrogen) atoms. The molecule has 6 nitrogen and oxygen atoms in total. The van der Waals surface area contributed by atoms with Crippen molar-refractivity contribution in [2.75, 3.05) is 19.7 Å². The lowest BCUT2D eigenvalue weighted by atomic mass is 10.1. The number of fused-ring (bicyclic) bond motifs is 1. The van der Waals surface area contributed by atoms with Gasteiger partial charge < -0.3 is 14.6 Å². The molecule has 3 heterocycles. The second-order valence-corrected chi connectivity index (χ2v) is 6.06. The van der Waals surface area contributed by atoms with Crippen molar-refractivity contribution < 1.29 is 13.9 Å². The third kappa shape index (κ3) is 2.87. The van der Waals surface area contributed by atoms with E-state index in [4.69, 9.17) is 4.74 Å². The molecule has 1 unspecified atom stereocenters. The molecule has 0 saturated carbocycles. The van der Waals surface area contributed by atoms with Crippen LogP contribution >= 0.6 is 0 Å². The van der Waals surface area contributed by atoms with Crippen LogP contribution in [0.5, 0.6) is 0 Å². The molecule has 1 N–H and O–H groups in total. The van der Waals surface area contributed by atoms with Crippen molar-refractivity contribution in [3.05, 3.63) is 59.6 Å². The molecule has 1 saturated heterocycles. The number of H-pyrrole nitrogens is 1. The first-order valence-corrected chi connectivity index (χ1v) is 8.08. The fourth-order valence-corrected chi connectivity index (χ4v) is 3.16. The summed E-state index contributed by atoms with van der Waals surface area (Å²) in [5.74, 6) is -0.436. The van der Waals surface area contributed by atoms with Crippen molar-refractivity contribution in [2.45, 2.75) is 13.0 Å². The Kier molecular flexibility index (Phi) is 3.93. The van der Waals surface area contributed by atoms with Gasteiger partial charge in [-0.15, -0.1) is 0 Å². The number of nitrogens with zero attached hydrogens (tertiary/aromatic N) is 3. The summed E-state index contributed by atoms with van der Waals surface area (Å²) in [6, 6.07) is 4.47. The molecule has 0 aliphatic carbocycles. The Hall–Kier alpha value is -2.80. The molecule has 1 aromatic carbocycles. The summed E-state index contributed by atoms with van der Waals surface area (Å²) >= 11 is 0. The topological polar surface area (TPSA) is 71.1 Å². The normalized spacial score (nSPS) is 17.8. The summed E-state index contributed by atoms with van der Waals surface area (Å²) < 4.78 is 19.2. The molecule has 4 rings (SSSR count). The first kappa shape index (κ1) is 15.7. The highest BCUT2D eigenvalue weighted by atomic mass is 19.1. The van der Waals surface area contributed by atoms with E-state index >= 15 is 0 Å².